The Morgan fingerprint density at radius 3 is 2.32 bits per heavy atom. The zero-order valence-electron chi connectivity index (χ0n) is 18.1. The normalized spacial score (nSPS) is 30.6. The number of rotatable bonds is 3. The van der Waals surface area contributed by atoms with Crippen LogP contribution in [-0.4, -0.2) is 47.3 Å². The highest BCUT2D eigenvalue weighted by Gasteiger charge is 2.49. The van der Waals surface area contributed by atoms with Crippen LogP contribution in [0.4, 0.5) is 10.5 Å². The third-order valence-electron chi connectivity index (χ3n) is 6.80. The van der Waals surface area contributed by atoms with E-state index in [0.29, 0.717) is 48.8 Å². The van der Waals surface area contributed by atoms with Gasteiger partial charge in [-0.25, -0.2) is 4.79 Å². The lowest BCUT2D eigenvalue weighted by Crippen LogP contribution is -2.50. The fourth-order valence-corrected chi connectivity index (χ4v) is 5.27. The summed E-state index contributed by atoms with van der Waals surface area (Å²) >= 11 is 0. The standard InChI is InChI=1S/C23H30N4O4/c1-14-11-15(2)13-27(12-14)20(29)17-5-3-4-6-18(17)24-19(28)16-7-9-23(10-8-16)21(30)25-22(31)26-23/h3-6,14-16H,7-13H2,1-2H3,(H,24,28)(H2,25,26,30,31). The number of benzene rings is 1. The maximum absolute atomic E-state index is 13.2. The van der Waals surface area contributed by atoms with Gasteiger partial charge in [-0.2, -0.15) is 0 Å². The van der Waals surface area contributed by atoms with E-state index in [2.05, 4.69) is 29.8 Å². The van der Waals surface area contributed by atoms with Crippen molar-refractivity contribution in [2.75, 3.05) is 18.4 Å². The lowest BCUT2D eigenvalue weighted by molar-refractivity contribution is -0.128. The predicted molar refractivity (Wildman–Crippen MR) is 115 cm³/mol. The molecule has 1 saturated carbocycles. The van der Waals surface area contributed by atoms with Gasteiger partial charge >= 0.3 is 6.03 Å². The van der Waals surface area contributed by atoms with Crippen molar-refractivity contribution in [2.24, 2.45) is 17.8 Å². The fraction of sp³-hybridized carbons (Fsp3) is 0.565. The second-order valence-corrected chi connectivity index (χ2v) is 9.46. The van der Waals surface area contributed by atoms with Gasteiger partial charge in [-0.15, -0.1) is 0 Å². The third kappa shape index (κ3) is 4.29. The first-order chi connectivity index (χ1) is 14.8. The molecule has 31 heavy (non-hydrogen) atoms. The van der Waals surface area contributed by atoms with Crippen molar-refractivity contribution in [3.63, 3.8) is 0 Å². The minimum atomic E-state index is -0.886. The SMILES string of the molecule is CC1CC(C)CN(C(=O)c2ccccc2NC(=O)C2CCC3(CC2)NC(=O)NC3=O)C1. The zero-order valence-corrected chi connectivity index (χ0v) is 18.1. The maximum Gasteiger partial charge on any atom is 0.322 e. The van der Waals surface area contributed by atoms with Gasteiger partial charge in [-0.1, -0.05) is 26.0 Å². The molecule has 2 saturated heterocycles. The molecule has 1 spiro atoms. The number of urea groups is 1. The van der Waals surface area contributed by atoms with E-state index >= 15 is 0 Å². The molecule has 1 aromatic carbocycles. The van der Waals surface area contributed by atoms with Gasteiger partial charge in [0, 0.05) is 19.0 Å². The number of imide groups is 1. The highest BCUT2D eigenvalue weighted by molar-refractivity contribution is 6.07. The lowest BCUT2D eigenvalue weighted by atomic mass is 9.76. The monoisotopic (exact) mass is 426 g/mol. The molecule has 2 heterocycles. The summed E-state index contributed by atoms with van der Waals surface area (Å²) in [6.07, 6.45) is 2.96. The van der Waals surface area contributed by atoms with Crippen LogP contribution in [0.15, 0.2) is 24.3 Å². The molecular formula is C23H30N4O4. The second kappa shape index (κ2) is 8.32. The molecule has 0 radical (unpaired) electrons. The molecule has 3 aliphatic rings. The predicted octanol–water partition coefficient (Wildman–Crippen LogP) is 2.51. The van der Waals surface area contributed by atoms with E-state index in [1.807, 2.05) is 17.0 Å². The number of carbonyl (C=O) groups is 4. The molecule has 1 aromatic rings. The molecule has 3 fully saturated rings. The van der Waals surface area contributed by atoms with Gasteiger partial charge in [0.15, 0.2) is 0 Å². The van der Waals surface area contributed by atoms with Gasteiger partial charge in [-0.05, 0) is 56.1 Å². The van der Waals surface area contributed by atoms with Gasteiger partial charge in [0.05, 0.1) is 11.3 Å². The molecule has 8 nitrogen and oxygen atoms in total. The van der Waals surface area contributed by atoms with Crippen molar-refractivity contribution >= 4 is 29.4 Å². The van der Waals surface area contributed by atoms with E-state index in [1.165, 1.54) is 0 Å². The average Bonchev–Trinajstić information content (AvgIpc) is 3.00. The summed E-state index contributed by atoms with van der Waals surface area (Å²) in [4.78, 5) is 51.6. The Morgan fingerprint density at radius 1 is 1.06 bits per heavy atom. The number of para-hydroxylation sites is 1. The summed E-state index contributed by atoms with van der Waals surface area (Å²) in [7, 11) is 0. The third-order valence-corrected chi connectivity index (χ3v) is 6.80. The van der Waals surface area contributed by atoms with E-state index in [4.69, 9.17) is 0 Å². The first-order valence-electron chi connectivity index (χ1n) is 11.1. The van der Waals surface area contributed by atoms with Crippen LogP contribution in [0.2, 0.25) is 0 Å². The topological polar surface area (TPSA) is 108 Å². The average molecular weight is 427 g/mol. The van der Waals surface area contributed by atoms with E-state index in [0.717, 1.165) is 19.5 Å². The number of nitrogens with zero attached hydrogens (tertiary/aromatic N) is 1. The van der Waals surface area contributed by atoms with Crippen LogP contribution in [0.3, 0.4) is 0 Å². The molecule has 2 unspecified atom stereocenters. The largest absolute Gasteiger partial charge is 0.338 e. The Morgan fingerprint density at radius 2 is 1.71 bits per heavy atom. The van der Waals surface area contributed by atoms with Gasteiger partial charge in [0.25, 0.3) is 11.8 Å². The van der Waals surface area contributed by atoms with Gasteiger partial charge in [0.2, 0.25) is 5.91 Å². The summed E-state index contributed by atoms with van der Waals surface area (Å²) in [5.41, 5.74) is 0.145. The molecule has 1 aliphatic carbocycles. The molecule has 0 aromatic heterocycles. The Bertz CT molecular complexity index is 897. The van der Waals surface area contributed by atoms with Crippen molar-refractivity contribution in [3.8, 4) is 0 Å². The zero-order chi connectivity index (χ0) is 22.2. The maximum atomic E-state index is 13.2. The van der Waals surface area contributed by atoms with Crippen LogP contribution < -0.4 is 16.0 Å². The number of amides is 5. The number of hydrogen-bond acceptors (Lipinski definition) is 4. The highest BCUT2D eigenvalue weighted by Crippen LogP contribution is 2.35. The molecular weight excluding hydrogens is 396 g/mol. The van der Waals surface area contributed by atoms with Crippen molar-refractivity contribution in [1.82, 2.24) is 15.5 Å². The first-order valence-corrected chi connectivity index (χ1v) is 11.1. The molecule has 3 N–H and O–H groups in total. The number of hydrogen-bond donors (Lipinski definition) is 3. The Hall–Kier alpha value is -2.90. The smallest absolute Gasteiger partial charge is 0.322 e. The highest BCUT2D eigenvalue weighted by atomic mass is 16.2. The van der Waals surface area contributed by atoms with Crippen LogP contribution in [0.5, 0.6) is 0 Å². The number of anilines is 1. The van der Waals surface area contributed by atoms with Crippen molar-refractivity contribution in [3.05, 3.63) is 29.8 Å². The van der Waals surface area contributed by atoms with Crippen LogP contribution in [0.1, 0.15) is 56.3 Å². The van der Waals surface area contributed by atoms with Gasteiger partial charge < -0.3 is 15.5 Å². The summed E-state index contributed by atoms with van der Waals surface area (Å²) in [5, 5.41) is 7.95. The van der Waals surface area contributed by atoms with Crippen molar-refractivity contribution in [2.45, 2.75) is 51.5 Å². The summed E-state index contributed by atoms with van der Waals surface area (Å²) in [5.74, 6) is 0.128. The van der Waals surface area contributed by atoms with E-state index in [9.17, 15) is 19.2 Å². The molecule has 0 bridgehead atoms. The molecule has 2 aliphatic heterocycles. The summed E-state index contributed by atoms with van der Waals surface area (Å²) in [6.45, 7) is 5.77. The van der Waals surface area contributed by atoms with Crippen LogP contribution >= 0.6 is 0 Å². The number of carbonyl (C=O) groups excluding carboxylic acids is 4. The molecule has 4 rings (SSSR count). The van der Waals surface area contributed by atoms with Crippen molar-refractivity contribution < 1.29 is 19.2 Å². The minimum absolute atomic E-state index is 0.0535. The number of piperidine rings is 1. The molecule has 8 heteroatoms. The minimum Gasteiger partial charge on any atom is -0.338 e. The Balaban J connectivity index is 1.42. The summed E-state index contributed by atoms with van der Waals surface area (Å²) in [6, 6.07) is 6.67. The molecule has 2 atom stereocenters. The number of likely N-dealkylation sites (tertiary alicyclic amines) is 1. The van der Waals surface area contributed by atoms with E-state index < -0.39 is 11.6 Å². The van der Waals surface area contributed by atoms with Crippen LogP contribution in [0.25, 0.3) is 0 Å². The Labute approximate surface area is 182 Å². The van der Waals surface area contributed by atoms with Crippen molar-refractivity contribution in [1.29, 1.82) is 0 Å². The van der Waals surface area contributed by atoms with E-state index in [-0.39, 0.29) is 23.6 Å². The summed E-state index contributed by atoms with van der Waals surface area (Å²) < 4.78 is 0. The Kier molecular flexibility index (Phi) is 5.73. The second-order valence-electron chi connectivity index (χ2n) is 9.46. The lowest BCUT2D eigenvalue weighted by Gasteiger charge is -2.35. The van der Waals surface area contributed by atoms with Gasteiger partial charge in [-0.3, -0.25) is 19.7 Å². The first kappa shape index (κ1) is 21.3. The van der Waals surface area contributed by atoms with Gasteiger partial charge in [0.1, 0.15) is 5.54 Å². The number of nitrogens with one attached hydrogen (secondary N) is 3. The van der Waals surface area contributed by atoms with Crippen LogP contribution in [-0.2, 0) is 9.59 Å². The molecule has 5 amide bonds. The fourth-order valence-electron chi connectivity index (χ4n) is 5.27. The van der Waals surface area contributed by atoms with Crippen LogP contribution in [0, 0.1) is 17.8 Å². The molecule has 166 valence electrons. The quantitative estimate of drug-likeness (QED) is 0.646. The van der Waals surface area contributed by atoms with E-state index in [1.54, 1.807) is 12.1 Å².